The van der Waals surface area contributed by atoms with E-state index in [0.717, 1.165) is 10.8 Å². The molecule has 4 aromatic rings. The van der Waals surface area contributed by atoms with Crippen LogP contribution in [0.3, 0.4) is 0 Å². The summed E-state index contributed by atoms with van der Waals surface area (Å²) in [6.45, 7) is 0.468. The summed E-state index contributed by atoms with van der Waals surface area (Å²) in [7, 11) is -7.56. The minimum absolute atomic E-state index is 0.00448. The van der Waals surface area contributed by atoms with E-state index < -0.39 is 20.0 Å². The first-order chi connectivity index (χ1) is 18.2. The van der Waals surface area contributed by atoms with E-state index in [1.54, 1.807) is 24.3 Å². The molecule has 1 aliphatic rings. The largest absolute Gasteiger partial charge is 0.326 e. The number of benzene rings is 3. The van der Waals surface area contributed by atoms with Crippen LogP contribution in [0, 0.1) is 5.92 Å². The second kappa shape index (κ2) is 10.5. The van der Waals surface area contributed by atoms with Crippen LogP contribution in [0.5, 0.6) is 0 Å². The maximum atomic E-state index is 13.2. The molecule has 0 aliphatic carbocycles. The molecule has 0 unspecified atom stereocenters. The van der Waals surface area contributed by atoms with Crippen LogP contribution in [0.1, 0.15) is 12.8 Å². The average molecular weight is 552 g/mol. The van der Waals surface area contributed by atoms with Crippen LogP contribution in [0.4, 0.5) is 11.6 Å². The molecule has 2 heterocycles. The van der Waals surface area contributed by atoms with Gasteiger partial charge in [0.05, 0.1) is 9.79 Å². The summed E-state index contributed by atoms with van der Waals surface area (Å²) in [5.74, 6) is -0.642. The third kappa shape index (κ3) is 5.52. The summed E-state index contributed by atoms with van der Waals surface area (Å²) in [5, 5.41) is 4.62. The van der Waals surface area contributed by atoms with Crippen LogP contribution in [-0.2, 0) is 24.8 Å². The maximum absolute atomic E-state index is 13.2. The van der Waals surface area contributed by atoms with Crippen molar-refractivity contribution in [3.05, 3.63) is 85.2 Å². The molecule has 5 rings (SSSR count). The second-order valence-electron chi connectivity index (χ2n) is 8.88. The van der Waals surface area contributed by atoms with Crippen molar-refractivity contribution in [1.82, 2.24) is 14.3 Å². The number of amides is 1. The fourth-order valence-corrected chi connectivity index (χ4v) is 6.79. The zero-order valence-electron chi connectivity index (χ0n) is 20.2. The average Bonchev–Trinajstić information content (AvgIpc) is 2.93. The number of nitrogens with one attached hydrogen (secondary N) is 2. The van der Waals surface area contributed by atoms with E-state index in [0.29, 0.717) is 18.5 Å². The molecule has 2 N–H and O–H groups in total. The monoisotopic (exact) mass is 551 g/mol. The Balaban J connectivity index is 1.19. The Hall–Kier alpha value is -3.87. The van der Waals surface area contributed by atoms with Crippen molar-refractivity contribution >= 4 is 48.4 Å². The fourth-order valence-electron chi connectivity index (χ4n) is 4.33. The van der Waals surface area contributed by atoms with E-state index in [9.17, 15) is 21.6 Å². The second-order valence-corrected chi connectivity index (χ2v) is 12.5. The van der Waals surface area contributed by atoms with E-state index in [-0.39, 0.29) is 40.7 Å². The fraction of sp³-hybridized carbons (Fsp3) is 0.192. The van der Waals surface area contributed by atoms with Crippen molar-refractivity contribution in [1.29, 1.82) is 0 Å². The molecular formula is C26H25N5O5S2. The van der Waals surface area contributed by atoms with Gasteiger partial charge in [-0.1, -0.05) is 30.3 Å². The lowest BCUT2D eigenvalue weighted by molar-refractivity contribution is -0.120. The highest BCUT2D eigenvalue weighted by Crippen LogP contribution is 2.27. The topological polar surface area (TPSA) is 138 Å². The third-order valence-corrected chi connectivity index (χ3v) is 9.65. The molecule has 0 saturated carbocycles. The van der Waals surface area contributed by atoms with Crippen molar-refractivity contribution in [2.45, 2.75) is 22.6 Å². The van der Waals surface area contributed by atoms with E-state index in [4.69, 9.17) is 0 Å². The first-order valence-corrected chi connectivity index (χ1v) is 14.8. The van der Waals surface area contributed by atoms with Gasteiger partial charge in [0, 0.05) is 37.1 Å². The van der Waals surface area contributed by atoms with Gasteiger partial charge in [0.25, 0.3) is 10.0 Å². The Bertz CT molecular complexity index is 1670. The normalized spacial score (nSPS) is 15.3. The lowest BCUT2D eigenvalue weighted by Gasteiger charge is -2.30. The van der Waals surface area contributed by atoms with Crippen LogP contribution in [-0.4, -0.2) is 50.1 Å². The molecule has 1 fully saturated rings. The quantitative estimate of drug-likeness (QED) is 0.359. The molecule has 12 heteroatoms. The molecular weight excluding hydrogens is 526 g/mol. The highest BCUT2D eigenvalue weighted by atomic mass is 32.2. The van der Waals surface area contributed by atoms with Gasteiger partial charge in [-0.05, 0) is 66.1 Å². The van der Waals surface area contributed by atoms with Gasteiger partial charge in [0.2, 0.25) is 21.9 Å². The van der Waals surface area contributed by atoms with Gasteiger partial charge < -0.3 is 5.32 Å². The number of nitrogens with zero attached hydrogens (tertiary/aromatic N) is 3. The van der Waals surface area contributed by atoms with Gasteiger partial charge in [0.1, 0.15) is 0 Å². The third-order valence-electron chi connectivity index (χ3n) is 6.41. The molecule has 1 aliphatic heterocycles. The van der Waals surface area contributed by atoms with Crippen molar-refractivity contribution in [3.8, 4) is 0 Å². The van der Waals surface area contributed by atoms with Gasteiger partial charge in [0.15, 0.2) is 0 Å². The number of fused-ring (bicyclic) bond motifs is 1. The van der Waals surface area contributed by atoms with Crippen LogP contribution < -0.4 is 10.0 Å². The smallest absolute Gasteiger partial charge is 0.264 e. The number of carbonyl (C=O) groups is 1. The Labute approximate surface area is 220 Å². The van der Waals surface area contributed by atoms with Crippen molar-refractivity contribution in [2.75, 3.05) is 23.1 Å². The van der Waals surface area contributed by atoms with Gasteiger partial charge in [-0.15, -0.1) is 0 Å². The zero-order chi connectivity index (χ0) is 26.8. The SMILES string of the molecule is O=C(Nc1ccc(S(=O)(=O)Nc2ncccn2)cc1)C1CCN(S(=O)(=O)c2ccc3ccccc3c2)CC1. The lowest BCUT2D eigenvalue weighted by atomic mass is 9.97. The standard InChI is InChI=1S/C26H25N5O5S2/c32-25(29-22-7-10-23(11-8-22)37(33,34)30-26-27-14-3-15-28-26)20-12-16-31(17-13-20)38(35,36)24-9-6-19-4-1-2-5-21(19)18-24/h1-11,14-15,18,20H,12-13,16-17H2,(H,29,32)(H,27,28,30). The number of hydrogen-bond donors (Lipinski definition) is 2. The molecule has 1 aromatic heterocycles. The van der Waals surface area contributed by atoms with E-state index >= 15 is 0 Å². The molecule has 3 aromatic carbocycles. The number of piperidine rings is 1. The minimum Gasteiger partial charge on any atom is -0.326 e. The maximum Gasteiger partial charge on any atom is 0.264 e. The zero-order valence-corrected chi connectivity index (χ0v) is 21.8. The van der Waals surface area contributed by atoms with E-state index in [1.807, 2.05) is 24.3 Å². The van der Waals surface area contributed by atoms with Crippen LogP contribution in [0.2, 0.25) is 0 Å². The molecule has 196 valence electrons. The van der Waals surface area contributed by atoms with E-state index in [1.165, 1.54) is 41.0 Å². The van der Waals surface area contributed by atoms with Crippen molar-refractivity contribution < 1.29 is 21.6 Å². The lowest BCUT2D eigenvalue weighted by Crippen LogP contribution is -2.41. The summed E-state index contributed by atoms with van der Waals surface area (Å²) < 4.78 is 55.2. The summed E-state index contributed by atoms with van der Waals surface area (Å²) in [5.41, 5.74) is 0.441. The summed E-state index contributed by atoms with van der Waals surface area (Å²) >= 11 is 0. The molecule has 0 atom stereocenters. The summed E-state index contributed by atoms with van der Waals surface area (Å²) in [6.07, 6.45) is 3.61. The molecule has 0 bridgehead atoms. The molecule has 0 spiro atoms. The molecule has 10 nitrogen and oxygen atoms in total. The molecule has 0 radical (unpaired) electrons. The van der Waals surface area contributed by atoms with Crippen molar-refractivity contribution in [3.63, 3.8) is 0 Å². The number of carbonyl (C=O) groups excluding carboxylic acids is 1. The van der Waals surface area contributed by atoms with Crippen molar-refractivity contribution in [2.24, 2.45) is 5.92 Å². The predicted molar refractivity (Wildman–Crippen MR) is 143 cm³/mol. The number of anilines is 2. The summed E-state index contributed by atoms with van der Waals surface area (Å²) in [4.78, 5) is 20.8. The van der Waals surface area contributed by atoms with E-state index in [2.05, 4.69) is 20.0 Å². The molecule has 1 amide bonds. The first-order valence-electron chi connectivity index (χ1n) is 11.9. The number of sulfonamides is 2. The molecule has 38 heavy (non-hydrogen) atoms. The van der Waals surface area contributed by atoms with Gasteiger partial charge >= 0.3 is 0 Å². The molecule has 1 saturated heterocycles. The summed E-state index contributed by atoms with van der Waals surface area (Å²) in [6, 6.07) is 20.0. The van der Waals surface area contributed by atoms with Crippen LogP contribution >= 0.6 is 0 Å². The van der Waals surface area contributed by atoms with Crippen LogP contribution in [0.25, 0.3) is 10.8 Å². The Morgan fingerprint density at radius 2 is 1.42 bits per heavy atom. The van der Waals surface area contributed by atoms with Gasteiger partial charge in [-0.25, -0.2) is 31.5 Å². The van der Waals surface area contributed by atoms with Gasteiger partial charge in [-0.3, -0.25) is 4.79 Å². The van der Waals surface area contributed by atoms with Crippen LogP contribution in [0.15, 0.2) is 95.0 Å². The number of hydrogen-bond acceptors (Lipinski definition) is 7. The Morgan fingerprint density at radius 3 is 2.11 bits per heavy atom. The number of rotatable bonds is 7. The van der Waals surface area contributed by atoms with Gasteiger partial charge in [-0.2, -0.15) is 4.31 Å². The first kappa shape index (κ1) is 25.8. The predicted octanol–water partition coefficient (Wildman–Crippen LogP) is 3.47. The Kier molecular flexibility index (Phi) is 7.11. The highest BCUT2D eigenvalue weighted by Gasteiger charge is 2.32. The highest BCUT2D eigenvalue weighted by molar-refractivity contribution is 7.92. The number of aromatic nitrogens is 2. The minimum atomic E-state index is -3.88. The Morgan fingerprint density at radius 1 is 0.789 bits per heavy atom.